The lowest BCUT2D eigenvalue weighted by Crippen LogP contribution is -2.13. The van der Waals surface area contributed by atoms with Crippen molar-refractivity contribution in [2.45, 2.75) is 45.4 Å². The van der Waals surface area contributed by atoms with E-state index in [0.717, 1.165) is 0 Å². The molecule has 0 aliphatic carbocycles. The zero-order valence-corrected chi connectivity index (χ0v) is 12.2. The number of aryl methyl sites for hydroxylation is 1. The van der Waals surface area contributed by atoms with Crippen molar-refractivity contribution in [1.82, 2.24) is 19.5 Å². The van der Waals surface area contributed by atoms with Crippen LogP contribution in [-0.2, 0) is 6.54 Å². The third-order valence-electron chi connectivity index (χ3n) is 2.94. The Morgan fingerprint density at radius 2 is 2.14 bits per heavy atom. The number of anilines is 1. The van der Waals surface area contributed by atoms with E-state index in [1.165, 1.54) is 0 Å². The van der Waals surface area contributed by atoms with Gasteiger partial charge in [0, 0.05) is 6.54 Å². The van der Waals surface area contributed by atoms with Crippen LogP contribution >= 0.6 is 0 Å². The number of fused-ring (bicyclic) bond motifs is 1. The molecule has 0 aliphatic heterocycles. The SMILES string of the molecule is CC(C)Oc1nc(N)nc2c1ncn2CCCC(O)CO. The van der Waals surface area contributed by atoms with E-state index in [1.807, 2.05) is 18.4 Å². The number of nitrogen functional groups attached to an aromatic ring is 1. The number of hydrogen-bond donors (Lipinski definition) is 3. The van der Waals surface area contributed by atoms with Crippen molar-refractivity contribution in [3.63, 3.8) is 0 Å². The zero-order chi connectivity index (χ0) is 15.4. The minimum Gasteiger partial charge on any atom is -0.473 e. The summed E-state index contributed by atoms with van der Waals surface area (Å²) in [4.78, 5) is 12.5. The van der Waals surface area contributed by atoms with Gasteiger partial charge in [0.2, 0.25) is 11.8 Å². The lowest BCUT2D eigenvalue weighted by atomic mass is 10.2. The summed E-state index contributed by atoms with van der Waals surface area (Å²) < 4.78 is 7.44. The van der Waals surface area contributed by atoms with Gasteiger partial charge in [-0.3, -0.25) is 0 Å². The lowest BCUT2D eigenvalue weighted by Gasteiger charge is -2.10. The van der Waals surface area contributed by atoms with Gasteiger partial charge >= 0.3 is 0 Å². The maximum atomic E-state index is 9.35. The molecule has 0 saturated heterocycles. The normalized spacial score (nSPS) is 13.0. The van der Waals surface area contributed by atoms with Gasteiger partial charge < -0.3 is 25.3 Å². The quantitative estimate of drug-likeness (QED) is 0.673. The van der Waals surface area contributed by atoms with E-state index in [9.17, 15) is 5.11 Å². The number of aliphatic hydroxyl groups is 2. The highest BCUT2D eigenvalue weighted by Gasteiger charge is 2.14. The smallest absolute Gasteiger partial charge is 0.247 e. The van der Waals surface area contributed by atoms with Gasteiger partial charge in [-0.2, -0.15) is 9.97 Å². The van der Waals surface area contributed by atoms with Crippen LogP contribution in [0.2, 0.25) is 0 Å². The van der Waals surface area contributed by atoms with Crippen LogP contribution in [0, 0.1) is 0 Å². The molecule has 0 spiro atoms. The summed E-state index contributed by atoms with van der Waals surface area (Å²) in [6.07, 6.45) is 2.12. The first-order valence-electron chi connectivity index (χ1n) is 6.95. The maximum Gasteiger partial charge on any atom is 0.247 e. The third-order valence-corrected chi connectivity index (χ3v) is 2.94. The van der Waals surface area contributed by atoms with Gasteiger partial charge in [-0.1, -0.05) is 0 Å². The van der Waals surface area contributed by atoms with Gasteiger partial charge in [-0.05, 0) is 26.7 Å². The summed E-state index contributed by atoms with van der Waals surface area (Å²) in [6.45, 7) is 4.19. The first-order chi connectivity index (χ1) is 10.0. The summed E-state index contributed by atoms with van der Waals surface area (Å²) in [5.74, 6) is 0.511. The Balaban J connectivity index is 2.20. The van der Waals surface area contributed by atoms with Crippen LogP contribution in [0.15, 0.2) is 6.33 Å². The third kappa shape index (κ3) is 3.79. The van der Waals surface area contributed by atoms with Crippen LogP contribution in [-0.4, -0.2) is 48.5 Å². The highest BCUT2D eigenvalue weighted by Crippen LogP contribution is 2.23. The first kappa shape index (κ1) is 15.5. The minimum absolute atomic E-state index is 0.0349. The summed E-state index contributed by atoms with van der Waals surface area (Å²) in [7, 11) is 0. The average Bonchev–Trinajstić information content (AvgIpc) is 2.81. The molecular formula is C13H21N5O3. The van der Waals surface area contributed by atoms with Crippen LogP contribution in [0.4, 0.5) is 5.95 Å². The van der Waals surface area contributed by atoms with Crippen molar-refractivity contribution in [3.8, 4) is 5.88 Å². The van der Waals surface area contributed by atoms with E-state index in [-0.39, 0.29) is 18.7 Å². The number of aromatic nitrogens is 4. The van der Waals surface area contributed by atoms with Crippen molar-refractivity contribution < 1.29 is 14.9 Å². The van der Waals surface area contributed by atoms with E-state index in [0.29, 0.717) is 36.4 Å². The second kappa shape index (κ2) is 6.68. The number of hydrogen-bond acceptors (Lipinski definition) is 7. The molecule has 0 amide bonds. The molecule has 0 bridgehead atoms. The summed E-state index contributed by atoms with van der Waals surface area (Å²) in [5, 5.41) is 18.1. The van der Waals surface area contributed by atoms with E-state index in [2.05, 4.69) is 15.0 Å². The van der Waals surface area contributed by atoms with Crippen LogP contribution in [0.1, 0.15) is 26.7 Å². The molecule has 0 fully saturated rings. The summed E-state index contributed by atoms with van der Waals surface area (Å²) >= 11 is 0. The predicted molar refractivity (Wildman–Crippen MR) is 77.8 cm³/mol. The van der Waals surface area contributed by atoms with Crippen LogP contribution in [0.3, 0.4) is 0 Å². The van der Waals surface area contributed by atoms with Crippen molar-refractivity contribution >= 4 is 17.1 Å². The first-order valence-corrected chi connectivity index (χ1v) is 6.95. The van der Waals surface area contributed by atoms with Gasteiger partial charge in [0.05, 0.1) is 25.1 Å². The molecule has 2 heterocycles. The van der Waals surface area contributed by atoms with E-state index in [1.54, 1.807) is 6.33 Å². The number of aliphatic hydroxyl groups excluding tert-OH is 2. The number of rotatable bonds is 7. The van der Waals surface area contributed by atoms with Crippen molar-refractivity contribution in [1.29, 1.82) is 0 Å². The molecule has 0 aliphatic rings. The molecule has 8 nitrogen and oxygen atoms in total. The number of nitrogens with zero attached hydrogens (tertiary/aromatic N) is 4. The topological polar surface area (TPSA) is 119 Å². The number of imidazole rings is 1. The predicted octanol–water partition coefficient (Wildman–Crippen LogP) is 0.329. The van der Waals surface area contributed by atoms with E-state index < -0.39 is 6.10 Å². The van der Waals surface area contributed by atoms with Gasteiger partial charge in [0.25, 0.3) is 0 Å². The molecule has 0 saturated carbocycles. The van der Waals surface area contributed by atoms with E-state index >= 15 is 0 Å². The fourth-order valence-corrected chi connectivity index (χ4v) is 1.99. The van der Waals surface area contributed by atoms with Gasteiger partial charge in [-0.25, -0.2) is 4.98 Å². The molecule has 2 aromatic rings. The Kier molecular flexibility index (Phi) is 4.92. The second-order valence-corrected chi connectivity index (χ2v) is 5.14. The summed E-state index contributed by atoms with van der Waals surface area (Å²) in [5.41, 5.74) is 6.89. The molecule has 8 heteroatoms. The average molecular weight is 295 g/mol. The minimum atomic E-state index is -0.695. The highest BCUT2D eigenvalue weighted by atomic mass is 16.5. The fraction of sp³-hybridized carbons (Fsp3) is 0.615. The van der Waals surface area contributed by atoms with Crippen LogP contribution in [0.25, 0.3) is 11.2 Å². The lowest BCUT2D eigenvalue weighted by molar-refractivity contribution is 0.0857. The maximum absolute atomic E-state index is 9.35. The molecule has 116 valence electrons. The standard InChI is InChI=1S/C13H21N5O3/c1-8(2)21-12-10-11(16-13(14)17-12)18(7-15-10)5-3-4-9(20)6-19/h7-9,19-20H,3-6H2,1-2H3,(H2,14,16,17). The number of ether oxygens (including phenoxy) is 1. The monoisotopic (exact) mass is 295 g/mol. The van der Waals surface area contributed by atoms with Crippen molar-refractivity contribution in [2.24, 2.45) is 0 Å². The molecule has 0 aromatic carbocycles. The Morgan fingerprint density at radius 1 is 1.38 bits per heavy atom. The molecular weight excluding hydrogens is 274 g/mol. The molecule has 2 rings (SSSR count). The van der Waals surface area contributed by atoms with Crippen molar-refractivity contribution in [3.05, 3.63) is 6.33 Å². The Hall–Kier alpha value is -1.93. The largest absolute Gasteiger partial charge is 0.473 e. The molecule has 1 unspecified atom stereocenters. The van der Waals surface area contributed by atoms with Crippen LogP contribution < -0.4 is 10.5 Å². The molecule has 1 atom stereocenters. The van der Waals surface area contributed by atoms with E-state index in [4.69, 9.17) is 15.6 Å². The Labute approximate surface area is 122 Å². The van der Waals surface area contributed by atoms with Crippen LogP contribution in [0.5, 0.6) is 5.88 Å². The molecule has 0 radical (unpaired) electrons. The molecule has 21 heavy (non-hydrogen) atoms. The van der Waals surface area contributed by atoms with Gasteiger partial charge in [0.1, 0.15) is 0 Å². The van der Waals surface area contributed by atoms with Crippen molar-refractivity contribution in [2.75, 3.05) is 12.3 Å². The highest BCUT2D eigenvalue weighted by molar-refractivity contribution is 5.77. The second-order valence-electron chi connectivity index (χ2n) is 5.14. The Bertz CT molecular complexity index is 599. The fourth-order valence-electron chi connectivity index (χ4n) is 1.99. The number of nitrogens with two attached hydrogens (primary N) is 1. The molecule has 2 aromatic heterocycles. The molecule has 4 N–H and O–H groups in total. The van der Waals surface area contributed by atoms with Gasteiger partial charge in [-0.15, -0.1) is 0 Å². The Morgan fingerprint density at radius 3 is 2.81 bits per heavy atom. The van der Waals surface area contributed by atoms with Gasteiger partial charge in [0.15, 0.2) is 11.2 Å². The summed E-state index contributed by atoms with van der Waals surface area (Å²) in [6, 6.07) is 0. The zero-order valence-electron chi connectivity index (χ0n) is 12.2.